The first kappa shape index (κ1) is 28.8. The zero-order chi connectivity index (χ0) is 27.2. The number of rotatable bonds is 12. The Bertz CT molecular complexity index is 1180. The summed E-state index contributed by atoms with van der Waals surface area (Å²) >= 11 is 0. The van der Waals surface area contributed by atoms with Crippen LogP contribution in [0, 0.1) is 19.8 Å². The number of carbonyl (C=O) groups is 2. The quantitative estimate of drug-likeness (QED) is 0.420. The maximum absolute atomic E-state index is 13.1. The molecule has 1 fully saturated rings. The highest BCUT2D eigenvalue weighted by molar-refractivity contribution is 7.89. The van der Waals surface area contributed by atoms with Crippen LogP contribution in [0.5, 0.6) is 5.75 Å². The molecular formula is C28H39N3O5S. The first-order valence-electron chi connectivity index (χ1n) is 12.6. The summed E-state index contributed by atoms with van der Waals surface area (Å²) < 4.78 is 32.6. The highest BCUT2D eigenvalue weighted by atomic mass is 32.2. The number of hydrogen-bond donors (Lipinski definition) is 0. The molecule has 1 amide bonds. The third kappa shape index (κ3) is 7.63. The van der Waals surface area contributed by atoms with Gasteiger partial charge in [0.25, 0.3) is 0 Å². The van der Waals surface area contributed by atoms with Gasteiger partial charge in [-0.25, -0.2) is 8.42 Å². The van der Waals surface area contributed by atoms with Gasteiger partial charge in [0.05, 0.1) is 18.6 Å². The summed E-state index contributed by atoms with van der Waals surface area (Å²) in [5.74, 6) is 0.603. The Morgan fingerprint density at radius 2 is 1.70 bits per heavy atom. The van der Waals surface area contributed by atoms with Crippen molar-refractivity contribution in [2.45, 2.75) is 44.6 Å². The number of likely N-dealkylation sites (N-methyl/N-ethyl adjacent to an activating group) is 1. The molecule has 0 aromatic heterocycles. The lowest BCUT2D eigenvalue weighted by molar-refractivity contribution is -0.132. The second-order valence-electron chi connectivity index (χ2n) is 10.0. The molecule has 1 atom stereocenters. The molecule has 202 valence electrons. The highest BCUT2D eigenvalue weighted by Gasteiger charge is 2.28. The van der Waals surface area contributed by atoms with E-state index in [1.54, 1.807) is 37.9 Å². The molecule has 0 N–H and O–H groups in total. The number of ether oxygens (including phenoxy) is 1. The number of ketones is 1. The van der Waals surface area contributed by atoms with Gasteiger partial charge in [-0.1, -0.05) is 30.3 Å². The average Bonchev–Trinajstić information content (AvgIpc) is 3.28. The van der Waals surface area contributed by atoms with Crippen LogP contribution in [0.4, 0.5) is 0 Å². The van der Waals surface area contributed by atoms with Gasteiger partial charge in [-0.05, 0) is 61.6 Å². The Hall–Kier alpha value is -2.75. The molecule has 2 aromatic rings. The van der Waals surface area contributed by atoms with E-state index < -0.39 is 10.0 Å². The minimum Gasteiger partial charge on any atom is -0.497 e. The molecule has 1 aliphatic rings. The number of Topliss-reactive ketones (excluding diaryl/α,β-unsaturated/α-hetero) is 1. The van der Waals surface area contributed by atoms with E-state index in [1.165, 1.54) is 19.7 Å². The molecular weight excluding hydrogens is 490 g/mol. The topological polar surface area (TPSA) is 87.2 Å². The first-order valence-corrected chi connectivity index (χ1v) is 14.1. The Morgan fingerprint density at radius 3 is 2.32 bits per heavy atom. The van der Waals surface area contributed by atoms with Crippen LogP contribution in [0.1, 0.15) is 36.0 Å². The maximum Gasteiger partial charge on any atom is 0.243 e. The lowest BCUT2D eigenvalue weighted by atomic mass is 10.1. The summed E-state index contributed by atoms with van der Waals surface area (Å²) in [4.78, 5) is 29.6. The fourth-order valence-corrected chi connectivity index (χ4v) is 6.53. The van der Waals surface area contributed by atoms with Crippen LogP contribution >= 0.6 is 0 Å². The van der Waals surface area contributed by atoms with Crippen LogP contribution in [0.2, 0.25) is 0 Å². The molecule has 1 heterocycles. The van der Waals surface area contributed by atoms with Gasteiger partial charge >= 0.3 is 0 Å². The van der Waals surface area contributed by atoms with Crippen molar-refractivity contribution < 1.29 is 22.7 Å². The van der Waals surface area contributed by atoms with Crippen molar-refractivity contribution in [1.29, 1.82) is 0 Å². The molecule has 1 saturated heterocycles. The third-order valence-electron chi connectivity index (χ3n) is 6.93. The van der Waals surface area contributed by atoms with Gasteiger partial charge in [0.2, 0.25) is 15.9 Å². The molecule has 8 nitrogen and oxygen atoms in total. The second kappa shape index (κ2) is 12.7. The van der Waals surface area contributed by atoms with Gasteiger partial charge in [0.15, 0.2) is 0 Å². The predicted molar refractivity (Wildman–Crippen MR) is 144 cm³/mol. The molecule has 37 heavy (non-hydrogen) atoms. The van der Waals surface area contributed by atoms with Gasteiger partial charge in [-0.2, -0.15) is 4.31 Å². The summed E-state index contributed by atoms with van der Waals surface area (Å²) in [6.45, 7) is 6.65. The molecule has 0 spiro atoms. The number of amides is 1. The van der Waals surface area contributed by atoms with Crippen LogP contribution in [0.25, 0.3) is 0 Å². The maximum atomic E-state index is 13.1. The second-order valence-corrected chi connectivity index (χ2v) is 12.0. The van der Waals surface area contributed by atoms with Crippen molar-refractivity contribution in [3.8, 4) is 5.75 Å². The third-order valence-corrected chi connectivity index (χ3v) is 9.04. The summed E-state index contributed by atoms with van der Waals surface area (Å²) in [6.07, 6.45) is 1.12. The zero-order valence-electron chi connectivity index (χ0n) is 22.6. The molecule has 0 aliphatic carbocycles. The highest BCUT2D eigenvalue weighted by Crippen LogP contribution is 2.28. The summed E-state index contributed by atoms with van der Waals surface area (Å²) in [7, 11) is 0.837. The van der Waals surface area contributed by atoms with Crippen molar-refractivity contribution in [1.82, 2.24) is 14.1 Å². The van der Waals surface area contributed by atoms with E-state index in [1.807, 2.05) is 18.2 Å². The molecule has 2 aromatic carbocycles. The van der Waals surface area contributed by atoms with Crippen molar-refractivity contribution in [2.75, 3.05) is 47.4 Å². The standard InChI is InChI=1S/C28H39N3O5S/c1-21-15-26(36-5)16-22(2)28(21)37(34,35)30(4)20-25(32)11-12-27(33)29(3)17-24-13-14-31(19-24)18-23-9-7-6-8-10-23/h6-10,15-16,24H,11-14,17-20H2,1-5H3. The zero-order valence-corrected chi connectivity index (χ0v) is 23.4. The molecule has 0 radical (unpaired) electrons. The fourth-order valence-electron chi connectivity index (χ4n) is 4.98. The SMILES string of the molecule is COc1cc(C)c(S(=O)(=O)N(C)CC(=O)CCC(=O)N(C)CC2CCN(Cc3ccccc3)C2)c(C)c1. The summed E-state index contributed by atoms with van der Waals surface area (Å²) in [5.41, 5.74) is 2.40. The summed E-state index contributed by atoms with van der Waals surface area (Å²) in [5, 5.41) is 0. The monoisotopic (exact) mass is 529 g/mol. The largest absolute Gasteiger partial charge is 0.497 e. The molecule has 9 heteroatoms. The lowest BCUT2D eigenvalue weighted by Gasteiger charge is -2.22. The van der Waals surface area contributed by atoms with Gasteiger partial charge in [0.1, 0.15) is 11.5 Å². The van der Waals surface area contributed by atoms with E-state index in [0.29, 0.717) is 29.3 Å². The normalized spacial score (nSPS) is 16.2. The Labute approximate surface area is 221 Å². The van der Waals surface area contributed by atoms with Crippen LogP contribution < -0.4 is 4.74 Å². The van der Waals surface area contributed by atoms with Crippen LogP contribution in [0.15, 0.2) is 47.4 Å². The van der Waals surface area contributed by atoms with E-state index in [4.69, 9.17) is 4.74 Å². The number of methoxy groups -OCH3 is 1. The smallest absolute Gasteiger partial charge is 0.243 e. The van der Waals surface area contributed by atoms with Crippen LogP contribution in [-0.4, -0.2) is 81.6 Å². The Balaban J connectivity index is 1.46. The fraction of sp³-hybridized carbons (Fsp3) is 0.500. The minimum atomic E-state index is -3.86. The van der Waals surface area contributed by atoms with E-state index in [0.717, 1.165) is 30.4 Å². The molecule has 0 saturated carbocycles. The average molecular weight is 530 g/mol. The van der Waals surface area contributed by atoms with E-state index >= 15 is 0 Å². The van der Waals surface area contributed by atoms with Crippen molar-refractivity contribution in [3.05, 3.63) is 59.2 Å². The Kier molecular flexibility index (Phi) is 9.87. The number of carbonyl (C=O) groups excluding carboxylic acids is 2. The molecule has 0 bridgehead atoms. The number of likely N-dealkylation sites (tertiary alicyclic amines) is 1. The van der Waals surface area contributed by atoms with E-state index in [9.17, 15) is 18.0 Å². The predicted octanol–water partition coefficient (Wildman–Crippen LogP) is 3.26. The van der Waals surface area contributed by atoms with Gasteiger partial charge in [-0.3, -0.25) is 14.5 Å². The molecule has 3 rings (SSSR count). The van der Waals surface area contributed by atoms with Gasteiger partial charge < -0.3 is 9.64 Å². The molecule has 1 unspecified atom stereocenters. The van der Waals surface area contributed by atoms with Crippen LogP contribution in [-0.2, 0) is 26.2 Å². The minimum absolute atomic E-state index is 0.00834. The first-order chi connectivity index (χ1) is 17.5. The van der Waals surface area contributed by atoms with Crippen LogP contribution in [0.3, 0.4) is 0 Å². The van der Waals surface area contributed by atoms with Gasteiger partial charge in [-0.15, -0.1) is 0 Å². The lowest BCUT2D eigenvalue weighted by Crippen LogP contribution is -2.35. The number of aryl methyl sites for hydroxylation is 2. The van der Waals surface area contributed by atoms with E-state index in [2.05, 4.69) is 17.0 Å². The Morgan fingerprint density at radius 1 is 1.05 bits per heavy atom. The van der Waals surface area contributed by atoms with E-state index in [-0.39, 0.29) is 36.0 Å². The number of nitrogens with zero attached hydrogens (tertiary/aromatic N) is 3. The van der Waals surface area contributed by atoms with Crippen molar-refractivity contribution in [3.63, 3.8) is 0 Å². The molecule has 1 aliphatic heterocycles. The van der Waals surface area contributed by atoms with Crippen molar-refractivity contribution >= 4 is 21.7 Å². The number of sulfonamides is 1. The van der Waals surface area contributed by atoms with Crippen molar-refractivity contribution in [2.24, 2.45) is 5.92 Å². The number of hydrogen-bond acceptors (Lipinski definition) is 6. The number of benzene rings is 2. The van der Waals surface area contributed by atoms with Gasteiger partial charge in [0, 0.05) is 46.6 Å². The summed E-state index contributed by atoms with van der Waals surface area (Å²) in [6, 6.07) is 13.7.